The van der Waals surface area contributed by atoms with Crippen molar-refractivity contribution in [1.82, 2.24) is 19.5 Å². The third-order valence-corrected chi connectivity index (χ3v) is 14.8. The molecule has 2 N–H and O–H groups in total. The molecule has 3 aromatic rings. The Morgan fingerprint density at radius 1 is 1.02 bits per heavy atom. The van der Waals surface area contributed by atoms with Crippen molar-refractivity contribution in [2.45, 2.75) is 126 Å². The molecule has 9 nitrogen and oxygen atoms in total. The highest BCUT2D eigenvalue weighted by atomic mass is 32.2. The number of hydrogen-bond acceptors (Lipinski definition) is 6. The molecule has 2 aliphatic carbocycles. The normalized spacial score (nSPS) is 28.3. The first-order valence-electron chi connectivity index (χ1n) is 18.5. The second kappa shape index (κ2) is 12.1. The molecule has 3 aliphatic heterocycles. The van der Waals surface area contributed by atoms with Gasteiger partial charge < -0.3 is 19.5 Å². The lowest BCUT2D eigenvalue weighted by molar-refractivity contribution is -0.142. The topological polar surface area (TPSA) is 110 Å². The number of fused-ring (bicyclic) bond motifs is 9. The SMILES string of the molecule is CCC(C)S(=O)(=O)NC(=O)c1ccc2c(C3CCCCC3)c3n(c2c1)CC1(C(=O)N2C4CCC2CC(NC)C4)CC1c1cc(OC)ccc1-3. The third kappa shape index (κ3) is 5.22. The number of methoxy groups -OCH3 is 1. The van der Waals surface area contributed by atoms with Gasteiger partial charge in [0.2, 0.25) is 15.9 Å². The summed E-state index contributed by atoms with van der Waals surface area (Å²) < 4.78 is 36.3. The number of nitrogens with zero attached hydrogens (tertiary/aromatic N) is 2. The van der Waals surface area contributed by atoms with E-state index in [0.29, 0.717) is 30.5 Å². The van der Waals surface area contributed by atoms with Crippen molar-refractivity contribution in [3.8, 4) is 17.0 Å². The van der Waals surface area contributed by atoms with E-state index in [0.717, 1.165) is 72.9 Å². The summed E-state index contributed by atoms with van der Waals surface area (Å²) in [5.41, 5.74) is 5.42. The molecule has 5 unspecified atom stereocenters. The lowest BCUT2D eigenvalue weighted by Gasteiger charge is -2.41. The molecule has 4 heterocycles. The van der Waals surface area contributed by atoms with Gasteiger partial charge in [0.15, 0.2) is 0 Å². The molecule has 10 heteroatoms. The summed E-state index contributed by atoms with van der Waals surface area (Å²) in [4.78, 5) is 30.9. The Morgan fingerprint density at radius 2 is 1.76 bits per heavy atom. The number of benzene rings is 2. The summed E-state index contributed by atoms with van der Waals surface area (Å²) in [6, 6.07) is 13.0. The van der Waals surface area contributed by atoms with Gasteiger partial charge in [-0.05, 0) is 113 Å². The molecule has 0 spiro atoms. The second-order valence-electron chi connectivity index (χ2n) is 15.5. The van der Waals surface area contributed by atoms with Gasteiger partial charge in [0, 0.05) is 52.6 Å². The zero-order valence-electron chi connectivity index (χ0n) is 29.3. The fourth-order valence-electron chi connectivity index (χ4n) is 9.93. The first-order chi connectivity index (χ1) is 23.6. The van der Waals surface area contributed by atoms with Crippen LogP contribution in [0.1, 0.15) is 118 Å². The molecule has 2 bridgehead atoms. The first-order valence-corrected chi connectivity index (χ1v) is 20.0. The van der Waals surface area contributed by atoms with Gasteiger partial charge in [-0.15, -0.1) is 0 Å². The molecule has 2 saturated heterocycles. The van der Waals surface area contributed by atoms with Crippen molar-refractivity contribution in [3.63, 3.8) is 0 Å². The smallest absolute Gasteiger partial charge is 0.264 e. The molecular weight excluding hydrogens is 637 g/mol. The first kappa shape index (κ1) is 32.8. The zero-order valence-corrected chi connectivity index (χ0v) is 30.1. The van der Waals surface area contributed by atoms with Crippen LogP contribution in [0.4, 0.5) is 0 Å². The Balaban J connectivity index is 1.30. The Labute approximate surface area is 290 Å². The van der Waals surface area contributed by atoms with E-state index < -0.39 is 26.6 Å². The quantitative estimate of drug-likeness (QED) is 0.282. The molecule has 5 atom stereocenters. The largest absolute Gasteiger partial charge is 0.497 e. The number of sulfonamides is 1. The predicted molar refractivity (Wildman–Crippen MR) is 191 cm³/mol. The minimum absolute atomic E-state index is 0.0767. The summed E-state index contributed by atoms with van der Waals surface area (Å²) in [5, 5.41) is 3.90. The van der Waals surface area contributed by atoms with Crippen LogP contribution in [-0.2, 0) is 21.4 Å². The van der Waals surface area contributed by atoms with Crippen LogP contribution in [0.3, 0.4) is 0 Å². The number of carbonyl (C=O) groups is 2. The van der Waals surface area contributed by atoms with Crippen LogP contribution in [-0.4, -0.2) is 67.2 Å². The maximum absolute atomic E-state index is 15.1. The van der Waals surface area contributed by atoms with Crippen LogP contribution in [0, 0.1) is 5.41 Å². The van der Waals surface area contributed by atoms with Crippen LogP contribution in [0.2, 0.25) is 0 Å². The fraction of sp³-hybridized carbons (Fsp3) is 0.590. The minimum atomic E-state index is -3.81. The van der Waals surface area contributed by atoms with Crippen LogP contribution < -0.4 is 14.8 Å². The zero-order chi connectivity index (χ0) is 34.2. The minimum Gasteiger partial charge on any atom is -0.497 e. The van der Waals surface area contributed by atoms with E-state index in [2.05, 4.69) is 31.6 Å². The predicted octanol–water partition coefficient (Wildman–Crippen LogP) is 6.45. The van der Waals surface area contributed by atoms with Crippen molar-refractivity contribution < 1.29 is 22.7 Å². The Bertz CT molecular complexity index is 1920. The molecule has 49 heavy (non-hydrogen) atoms. The van der Waals surface area contributed by atoms with Gasteiger partial charge in [-0.1, -0.05) is 32.3 Å². The van der Waals surface area contributed by atoms with Gasteiger partial charge in [0.25, 0.3) is 5.91 Å². The van der Waals surface area contributed by atoms with Gasteiger partial charge >= 0.3 is 0 Å². The fourth-order valence-corrected chi connectivity index (χ4v) is 10.9. The van der Waals surface area contributed by atoms with E-state index in [1.54, 1.807) is 27.0 Å². The standard InChI is InChI=1S/C39H50N4O5S/c1-5-23(2)49(46,47)41-37(44)25-11-15-31-34(17-25)42-22-39(38(45)43-27-12-13-28(43)19-26(18-27)40-3)21-33(39)32-20-29(48-4)14-16-30(32)36(42)35(31)24-9-7-6-8-10-24/h11,14-17,20,23-24,26-28,33,40H,5-10,12-13,18-19,21-22H2,1-4H3,(H,41,44). The molecule has 2 saturated carbocycles. The number of carbonyl (C=O) groups excluding carboxylic acids is 2. The number of ether oxygens (including phenoxy) is 1. The number of rotatable bonds is 8. The number of hydrogen-bond donors (Lipinski definition) is 2. The number of nitrogens with one attached hydrogen (secondary N) is 2. The molecule has 2 amide bonds. The molecule has 262 valence electrons. The maximum Gasteiger partial charge on any atom is 0.264 e. The van der Waals surface area contributed by atoms with Crippen LogP contribution in [0.5, 0.6) is 5.75 Å². The van der Waals surface area contributed by atoms with Gasteiger partial charge in [0.1, 0.15) is 5.75 Å². The lowest BCUT2D eigenvalue weighted by atomic mass is 9.81. The van der Waals surface area contributed by atoms with Crippen molar-refractivity contribution in [2.24, 2.45) is 5.41 Å². The monoisotopic (exact) mass is 686 g/mol. The highest BCUT2D eigenvalue weighted by Crippen LogP contribution is 2.67. The highest BCUT2D eigenvalue weighted by Gasteiger charge is 2.65. The third-order valence-electron chi connectivity index (χ3n) is 12.9. The average molecular weight is 687 g/mol. The Hall–Kier alpha value is -3.37. The molecule has 2 aromatic carbocycles. The number of piperidine rings is 1. The van der Waals surface area contributed by atoms with E-state index in [1.165, 1.54) is 30.4 Å². The Kier molecular flexibility index (Phi) is 8.13. The summed E-state index contributed by atoms with van der Waals surface area (Å²) in [5.74, 6) is 0.899. The Morgan fingerprint density at radius 3 is 2.43 bits per heavy atom. The van der Waals surface area contributed by atoms with Crippen molar-refractivity contribution in [2.75, 3.05) is 14.2 Å². The van der Waals surface area contributed by atoms with E-state index in [4.69, 9.17) is 4.74 Å². The van der Waals surface area contributed by atoms with E-state index >= 15 is 4.79 Å². The molecule has 0 radical (unpaired) electrons. The number of aromatic nitrogens is 1. The highest BCUT2D eigenvalue weighted by molar-refractivity contribution is 7.90. The van der Waals surface area contributed by atoms with E-state index in [1.807, 2.05) is 25.2 Å². The summed E-state index contributed by atoms with van der Waals surface area (Å²) in [7, 11) is -0.0800. The van der Waals surface area contributed by atoms with Gasteiger partial charge in [0.05, 0.1) is 23.5 Å². The molecular formula is C39H50N4O5S. The van der Waals surface area contributed by atoms with Gasteiger partial charge in [-0.3, -0.25) is 9.59 Å². The van der Waals surface area contributed by atoms with Crippen LogP contribution in [0.25, 0.3) is 22.2 Å². The summed E-state index contributed by atoms with van der Waals surface area (Å²) >= 11 is 0. The maximum atomic E-state index is 15.1. The van der Waals surface area contributed by atoms with Crippen molar-refractivity contribution >= 4 is 32.7 Å². The van der Waals surface area contributed by atoms with Crippen LogP contribution >= 0.6 is 0 Å². The summed E-state index contributed by atoms with van der Waals surface area (Å²) in [6.07, 6.45) is 11.1. The lowest BCUT2D eigenvalue weighted by Crippen LogP contribution is -2.53. The van der Waals surface area contributed by atoms with Gasteiger partial charge in [-0.2, -0.15) is 0 Å². The molecule has 4 fully saturated rings. The van der Waals surface area contributed by atoms with E-state index in [-0.39, 0.29) is 23.9 Å². The summed E-state index contributed by atoms with van der Waals surface area (Å²) in [6.45, 7) is 3.95. The molecule has 5 aliphatic rings. The van der Waals surface area contributed by atoms with Crippen LogP contribution in [0.15, 0.2) is 36.4 Å². The van der Waals surface area contributed by atoms with E-state index in [9.17, 15) is 13.2 Å². The second-order valence-corrected chi connectivity index (χ2v) is 17.6. The molecule has 8 rings (SSSR count). The van der Waals surface area contributed by atoms with Crippen molar-refractivity contribution in [3.05, 3.63) is 53.1 Å². The number of amides is 2. The van der Waals surface area contributed by atoms with Crippen molar-refractivity contribution in [1.29, 1.82) is 0 Å². The average Bonchev–Trinajstić information content (AvgIpc) is 3.71. The van der Waals surface area contributed by atoms with Gasteiger partial charge in [-0.25, -0.2) is 13.1 Å². The molecule has 1 aromatic heterocycles.